The average molecular weight is 382 g/mol. The van der Waals surface area contributed by atoms with E-state index in [0.717, 1.165) is 25.2 Å². The Kier molecular flexibility index (Phi) is 6.76. The van der Waals surface area contributed by atoms with E-state index in [2.05, 4.69) is 46.9 Å². The van der Waals surface area contributed by atoms with Gasteiger partial charge < -0.3 is 9.88 Å². The van der Waals surface area contributed by atoms with Gasteiger partial charge in [-0.05, 0) is 29.3 Å². The minimum atomic E-state index is 0. The first-order valence-corrected chi connectivity index (χ1v) is 8.27. The highest BCUT2D eigenvalue weighted by atomic mass is 35.5. The molecule has 0 atom stereocenters. The molecular weight excluding hydrogens is 363 g/mol. The molecule has 0 saturated heterocycles. The first-order valence-electron chi connectivity index (χ1n) is 7.51. The molecule has 0 saturated carbocycles. The summed E-state index contributed by atoms with van der Waals surface area (Å²) in [6, 6.07) is 14.1. The number of nitrogens with zero attached hydrogens (tertiary/aromatic N) is 1. The summed E-state index contributed by atoms with van der Waals surface area (Å²) < 4.78 is 2.23. The lowest BCUT2D eigenvalue weighted by atomic mass is 10.2. The molecule has 3 rings (SSSR count). The van der Waals surface area contributed by atoms with Crippen molar-refractivity contribution in [2.75, 3.05) is 6.54 Å². The zero-order valence-corrected chi connectivity index (χ0v) is 15.5. The summed E-state index contributed by atoms with van der Waals surface area (Å²) in [5, 5.41) is 5.98. The summed E-state index contributed by atoms with van der Waals surface area (Å²) in [6.45, 7) is 6.07. The van der Waals surface area contributed by atoms with E-state index in [1.54, 1.807) is 6.07 Å². The number of nitrogens with one attached hydrogen (secondary N) is 1. The molecule has 2 aromatic carbocycles. The summed E-state index contributed by atoms with van der Waals surface area (Å²) in [6.07, 6.45) is 4.05. The van der Waals surface area contributed by atoms with Crippen LogP contribution < -0.4 is 5.32 Å². The van der Waals surface area contributed by atoms with Crippen molar-refractivity contribution < 1.29 is 0 Å². The van der Waals surface area contributed by atoms with Gasteiger partial charge in [0.1, 0.15) is 0 Å². The molecule has 126 valence electrons. The quantitative estimate of drug-likeness (QED) is 0.428. The molecule has 1 N–H and O–H groups in total. The third kappa shape index (κ3) is 4.14. The second-order valence-electron chi connectivity index (χ2n) is 5.45. The van der Waals surface area contributed by atoms with E-state index in [-0.39, 0.29) is 12.4 Å². The molecule has 0 fully saturated rings. The predicted octanol–water partition coefficient (Wildman–Crippen LogP) is 5.69. The number of rotatable bonds is 6. The van der Waals surface area contributed by atoms with Gasteiger partial charge in [0, 0.05) is 46.8 Å². The lowest BCUT2D eigenvalue weighted by molar-refractivity contribution is 0.754. The molecule has 3 aromatic rings. The van der Waals surface area contributed by atoms with Gasteiger partial charge >= 0.3 is 0 Å². The van der Waals surface area contributed by atoms with Crippen LogP contribution in [-0.4, -0.2) is 11.1 Å². The zero-order valence-electron chi connectivity index (χ0n) is 13.1. The van der Waals surface area contributed by atoms with E-state index in [1.807, 2.05) is 18.2 Å². The van der Waals surface area contributed by atoms with Crippen LogP contribution in [0.25, 0.3) is 10.9 Å². The summed E-state index contributed by atoms with van der Waals surface area (Å²) in [7, 11) is 0. The number of fused-ring (bicyclic) bond motifs is 1. The van der Waals surface area contributed by atoms with E-state index in [4.69, 9.17) is 23.2 Å². The van der Waals surface area contributed by atoms with Crippen molar-refractivity contribution >= 4 is 46.5 Å². The van der Waals surface area contributed by atoms with Gasteiger partial charge in [-0.3, -0.25) is 0 Å². The molecule has 0 aliphatic rings. The lowest BCUT2D eigenvalue weighted by Crippen LogP contribution is -2.12. The predicted molar refractivity (Wildman–Crippen MR) is 107 cm³/mol. The molecule has 0 spiro atoms. The third-order valence-electron chi connectivity index (χ3n) is 3.83. The summed E-state index contributed by atoms with van der Waals surface area (Å²) in [5.74, 6) is 0. The Hall–Kier alpha value is -1.45. The highest BCUT2D eigenvalue weighted by Crippen LogP contribution is 2.26. The highest BCUT2D eigenvalue weighted by molar-refractivity contribution is 6.35. The van der Waals surface area contributed by atoms with Crippen LogP contribution in [0.3, 0.4) is 0 Å². The molecule has 0 aliphatic heterocycles. The second kappa shape index (κ2) is 8.59. The largest absolute Gasteiger partial charge is 0.343 e. The summed E-state index contributed by atoms with van der Waals surface area (Å²) in [5.41, 5.74) is 3.53. The Balaban J connectivity index is 0.00000208. The van der Waals surface area contributed by atoms with Crippen LogP contribution in [0.2, 0.25) is 10.0 Å². The van der Waals surface area contributed by atoms with Gasteiger partial charge in [-0.15, -0.1) is 19.0 Å². The summed E-state index contributed by atoms with van der Waals surface area (Å²) >= 11 is 12.3. The van der Waals surface area contributed by atoms with E-state index >= 15 is 0 Å². The fraction of sp³-hybridized carbons (Fsp3) is 0.158. The Labute approximate surface area is 158 Å². The van der Waals surface area contributed by atoms with Crippen LogP contribution in [-0.2, 0) is 13.1 Å². The Bertz CT molecular complexity index is 840. The number of hydrogen-bond donors (Lipinski definition) is 1. The SMILES string of the molecule is C=CCNCc1cn(Cc2ccc(Cl)cc2Cl)c2ccccc12.Cl. The number of hydrogen-bond acceptors (Lipinski definition) is 1. The van der Waals surface area contributed by atoms with Crippen LogP contribution in [0.4, 0.5) is 0 Å². The van der Waals surface area contributed by atoms with Crippen LogP contribution >= 0.6 is 35.6 Å². The maximum atomic E-state index is 6.32. The first-order chi connectivity index (χ1) is 11.2. The fourth-order valence-corrected chi connectivity index (χ4v) is 3.21. The molecule has 0 unspecified atom stereocenters. The van der Waals surface area contributed by atoms with E-state index < -0.39 is 0 Å². The molecular formula is C19H19Cl3N2. The van der Waals surface area contributed by atoms with Gasteiger partial charge in [-0.25, -0.2) is 0 Å². The van der Waals surface area contributed by atoms with Crippen LogP contribution in [0.1, 0.15) is 11.1 Å². The molecule has 1 aromatic heterocycles. The van der Waals surface area contributed by atoms with Crippen molar-refractivity contribution in [3.05, 3.63) is 82.5 Å². The molecule has 0 radical (unpaired) electrons. The van der Waals surface area contributed by atoms with Crippen LogP contribution in [0.15, 0.2) is 61.3 Å². The van der Waals surface area contributed by atoms with Gasteiger partial charge in [0.2, 0.25) is 0 Å². The monoisotopic (exact) mass is 380 g/mol. The van der Waals surface area contributed by atoms with Crippen molar-refractivity contribution in [3.63, 3.8) is 0 Å². The van der Waals surface area contributed by atoms with Gasteiger partial charge in [0.15, 0.2) is 0 Å². The highest BCUT2D eigenvalue weighted by Gasteiger charge is 2.09. The maximum absolute atomic E-state index is 6.32. The second-order valence-corrected chi connectivity index (χ2v) is 6.30. The standard InChI is InChI=1S/C19H18Cl2N2.ClH/c1-2-9-22-11-15-13-23(19-6-4-3-5-17(15)19)12-14-7-8-16(20)10-18(14)21;/h2-8,10,13,22H,1,9,11-12H2;1H. The van der Waals surface area contributed by atoms with Crippen molar-refractivity contribution in [1.82, 2.24) is 9.88 Å². The molecule has 0 bridgehead atoms. The topological polar surface area (TPSA) is 17.0 Å². The molecule has 0 aliphatic carbocycles. The number of aromatic nitrogens is 1. The third-order valence-corrected chi connectivity index (χ3v) is 4.42. The molecule has 5 heteroatoms. The lowest BCUT2D eigenvalue weighted by Gasteiger charge is -2.08. The molecule has 24 heavy (non-hydrogen) atoms. The first kappa shape index (κ1) is 18.9. The van der Waals surface area contributed by atoms with Gasteiger partial charge in [0.25, 0.3) is 0 Å². The van der Waals surface area contributed by atoms with E-state index in [0.29, 0.717) is 10.0 Å². The molecule has 0 amide bonds. The van der Waals surface area contributed by atoms with Crippen molar-refractivity contribution in [2.24, 2.45) is 0 Å². The Morgan fingerprint density at radius 2 is 1.88 bits per heavy atom. The minimum Gasteiger partial charge on any atom is -0.343 e. The fourth-order valence-electron chi connectivity index (χ4n) is 2.74. The van der Waals surface area contributed by atoms with Gasteiger partial charge in [0.05, 0.1) is 0 Å². The smallest absolute Gasteiger partial charge is 0.0491 e. The minimum absolute atomic E-state index is 0. The average Bonchev–Trinajstić information content (AvgIpc) is 2.89. The van der Waals surface area contributed by atoms with Crippen molar-refractivity contribution in [2.45, 2.75) is 13.1 Å². The van der Waals surface area contributed by atoms with Crippen LogP contribution in [0.5, 0.6) is 0 Å². The molecule has 2 nitrogen and oxygen atoms in total. The van der Waals surface area contributed by atoms with Crippen molar-refractivity contribution in [1.29, 1.82) is 0 Å². The molecule has 1 heterocycles. The number of benzene rings is 2. The normalized spacial score (nSPS) is 10.6. The Morgan fingerprint density at radius 1 is 1.08 bits per heavy atom. The van der Waals surface area contributed by atoms with Crippen molar-refractivity contribution in [3.8, 4) is 0 Å². The van der Waals surface area contributed by atoms with Gasteiger partial charge in [-0.2, -0.15) is 0 Å². The van der Waals surface area contributed by atoms with E-state index in [9.17, 15) is 0 Å². The Morgan fingerprint density at radius 3 is 2.62 bits per heavy atom. The van der Waals surface area contributed by atoms with Gasteiger partial charge in [-0.1, -0.05) is 53.5 Å². The number of halogens is 3. The maximum Gasteiger partial charge on any atom is 0.0491 e. The summed E-state index contributed by atoms with van der Waals surface area (Å²) in [4.78, 5) is 0. The van der Waals surface area contributed by atoms with Crippen LogP contribution in [0, 0.1) is 0 Å². The number of para-hydroxylation sites is 1. The van der Waals surface area contributed by atoms with E-state index in [1.165, 1.54) is 16.5 Å². The zero-order chi connectivity index (χ0) is 16.2.